The van der Waals surface area contributed by atoms with Crippen LogP contribution >= 0.6 is 0 Å². The molecule has 1 aliphatic heterocycles. The zero-order valence-corrected chi connectivity index (χ0v) is 11.7. The van der Waals surface area contributed by atoms with Crippen LogP contribution in [0.2, 0.25) is 0 Å². The molecule has 0 spiro atoms. The molecule has 9 nitrogen and oxygen atoms in total. The normalized spacial score (nSPS) is 22.8. The third-order valence-electron chi connectivity index (χ3n) is 2.91. The van der Waals surface area contributed by atoms with Crippen LogP contribution in [0.25, 0.3) is 0 Å². The molecule has 0 aromatic rings. The molecule has 0 aromatic heterocycles. The van der Waals surface area contributed by atoms with Crippen molar-refractivity contribution in [2.45, 2.75) is 38.2 Å². The lowest BCUT2D eigenvalue weighted by Crippen LogP contribution is -2.54. The average molecular weight is 302 g/mol. The van der Waals surface area contributed by atoms with Crippen molar-refractivity contribution in [1.29, 1.82) is 0 Å². The van der Waals surface area contributed by atoms with E-state index < -0.39 is 31.0 Å². The second-order valence-electron chi connectivity index (χ2n) is 4.64. The van der Waals surface area contributed by atoms with Gasteiger partial charge in [0.15, 0.2) is 0 Å². The smallest absolute Gasteiger partial charge is 0.478 e. The number of hydrogen-bond acceptors (Lipinski definition) is 7. The molecular weight excluding hydrogens is 283 g/mol. The number of aliphatic carboxylic acids is 1. The van der Waals surface area contributed by atoms with Gasteiger partial charge in [-0.3, -0.25) is 9.59 Å². The lowest BCUT2D eigenvalue weighted by atomic mass is 9.72. The molecule has 10 heteroatoms. The molecule has 21 heavy (non-hydrogen) atoms. The van der Waals surface area contributed by atoms with Crippen molar-refractivity contribution >= 4 is 24.7 Å². The number of carboxylic acids is 1. The van der Waals surface area contributed by atoms with Crippen LogP contribution in [0.5, 0.6) is 0 Å². The van der Waals surface area contributed by atoms with Gasteiger partial charge in [0.1, 0.15) is 12.3 Å². The molecule has 1 unspecified atom stereocenters. The van der Waals surface area contributed by atoms with E-state index in [2.05, 4.69) is 15.3 Å². The standard InChI is InChI=1S/C11H19BN2O7/c1-7(14-20-5-4-15)11(18)13-9-3-2-8(6-10(16)17)21-12(9)19/h8-9,15,19H,2-6H2,1H3,(H,13,18)(H,16,17)/b14-7-/t8-,9?/m0/s1. The number of oxime groups is 1. The molecule has 0 aliphatic carbocycles. The minimum Gasteiger partial charge on any atom is -0.481 e. The number of nitrogens with one attached hydrogen (secondary N) is 1. The van der Waals surface area contributed by atoms with Gasteiger partial charge in [-0.2, -0.15) is 0 Å². The number of carbonyl (C=O) groups excluding carboxylic acids is 1. The van der Waals surface area contributed by atoms with Gasteiger partial charge in [-0.05, 0) is 19.8 Å². The summed E-state index contributed by atoms with van der Waals surface area (Å²) in [5.41, 5.74) is 0.0447. The van der Waals surface area contributed by atoms with Crippen LogP contribution in [-0.4, -0.2) is 65.2 Å². The maximum atomic E-state index is 11.8. The fourth-order valence-electron chi connectivity index (χ4n) is 1.85. The third kappa shape index (κ3) is 6.11. The van der Waals surface area contributed by atoms with E-state index >= 15 is 0 Å². The highest BCUT2D eigenvalue weighted by molar-refractivity contribution is 6.47. The fraction of sp³-hybridized carbons (Fsp3) is 0.727. The number of amides is 1. The molecular formula is C11H19BN2O7. The Labute approximate surface area is 122 Å². The first-order chi connectivity index (χ1) is 9.93. The lowest BCUT2D eigenvalue weighted by molar-refractivity contribution is -0.139. The van der Waals surface area contributed by atoms with Crippen molar-refractivity contribution in [3.63, 3.8) is 0 Å². The molecule has 4 N–H and O–H groups in total. The number of hydrogen-bond donors (Lipinski definition) is 4. The first-order valence-corrected chi connectivity index (χ1v) is 6.57. The van der Waals surface area contributed by atoms with E-state index in [-0.39, 0.29) is 25.3 Å². The highest BCUT2D eigenvalue weighted by Crippen LogP contribution is 2.18. The van der Waals surface area contributed by atoms with Crippen molar-refractivity contribution in [3.8, 4) is 0 Å². The monoisotopic (exact) mass is 302 g/mol. The third-order valence-corrected chi connectivity index (χ3v) is 2.91. The fourth-order valence-corrected chi connectivity index (χ4v) is 1.85. The Morgan fingerprint density at radius 3 is 2.76 bits per heavy atom. The molecule has 0 aromatic carbocycles. The summed E-state index contributed by atoms with van der Waals surface area (Å²) < 4.78 is 5.14. The van der Waals surface area contributed by atoms with Gasteiger partial charge in [0, 0.05) is 0 Å². The second kappa shape index (κ2) is 8.60. The van der Waals surface area contributed by atoms with Gasteiger partial charge in [-0.15, -0.1) is 0 Å². The SMILES string of the molecule is C/C(=N/OCCO)C(=O)NC1CC[C@@H](CC(=O)O)OB1O. The summed E-state index contributed by atoms with van der Waals surface area (Å²) in [5.74, 6) is -2.17. The number of rotatable bonds is 7. The van der Waals surface area contributed by atoms with E-state index in [0.29, 0.717) is 12.8 Å². The van der Waals surface area contributed by atoms with Gasteiger partial charge in [-0.25, -0.2) is 0 Å². The van der Waals surface area contributed by atoms with E-state index in [4.69, 9.17) is 14.9 Å². The Hall–Kier alpha value is -1.65. The zero-order valence-electron chi connectivity index (χ0n) is 11.7. The number of carboxylic acid groups (broad SMARTS) is 1. The first kappa shape index (κ1) is 17.4. The topological polar surface area (TPSA) is 138 Å². The Morgan fingerprint density at radius 2 is 2.19 bits per heavy atom. The molecule has 1 fully saturated rings. The molecule has 1 amide bonds. The first-order valence-electron chi connectivity index (χ1n) is 6.57. The highest BCUT2D eigenvalue weighted by Gasteiger charge is 2.36. The number of carbonyl (C=O) groups is 2. The largest absolute Gasteiger partial charge is 0.481 e. The van der Waals surface area contributed by atoms with Crippen molar-refractivity contribution in [1.82, 2.24) is 5.32 Å². The van der Waals surface area contributed by atoms with E-state index in [1.165, 1.54) is 6.92 Å². The predicted molar refractivity (Wildman–Crippen MR) is 72.4 cm³/mol. The lowest BCUT2D eigenvalue weighted by Gasteiger charge is -2.30. The Bertz CT molecular complexity index is 404. The number of nitrogens with zero attached hydrogens (tertiary/aromatic N) is 1. The van der Waals surface area contributed by atoms with Crippen LogP contribution in [0.3, 0.4) is 0 Å². The van der Waals surface area contributed by atoms with Crippen molar-refractivity contribution < 1.29 is 34.3 Å². The van der Waals surface area contributed by atoms with Gasteiger partial charge >= 0.3 is 13.1 Å². The minimum absolute atomic E-state index is 0.0172. The van der Waals surface area contributed by atoms with Gasteiger partial charge in [0.05, 0.1) is 25.1 Å². The summed E-state index contributed by atoms with van der Waals surface area (Å²) in [6.45, 7) is 1.20. The van der Waals surface area contributed by atoms with Crippen LogP contribution in [0.15, 0.2) is 5.16 Å². The predicted octanol–water partition coefficient (Wildman–Crippen LogP) is -1.47. The average Bonchev–Trinajstić information content (AvgIpc) is 2.41. The summed E-state index contributed by atoms with van der Waals surface area (Å²) in [7, 11) is -1.27. The van der Waals surface area contributed by atoms with Crippen LogP contribution in [0, 0.1) is 0 Å². The van der Waals surface area contributed by atoms with Crippen molar-refractivity contribution in [3.05, 3.63) is 0 Å². The van der Waals surface area contributed by atoms with E-state index in [1.54, 1.807) is 0 Å². The minimum atomic E-state index is -1.27. The van der Waals surface area contributed by atoms with E-state index in [9.17, 15) is 14.6 Å². The van der Waals surface area contributed by atoms with Gasteiger partial charge < -0.3 is 30.0 Å². The van der Waals surface area contributed by atoms with Gasteiger partial charge in [0.2, 0.25) is 0 Å². The second-order valence-corrected chi connectivity index (χ2v) is 4.64. The van der Waals surface area contributed by atoms with Crippen LogP contribution in [-0.2, 0) is 19.1 Å². The van der Waals surface area contributed by atoms with E-state index in [0.717, 1.165) is 0 Å². The van der Waals surface area contributed by atoms with Crippen LogP contribution in [0.1, 0.15) is 26.2 Å². The van der Waals surface area contributed by atoms with Gasteiger partial charge in [0.25, 0.3) is 5.91 Å². The maximum absolute atomic E-state index is 11.8. The Morgan fingerprint density at radius 1 is 1.48 bits per heavy atom. The molecule has 0 saturated carbocycles. The number of aliphatic hydroxyl groups excluding tert-OH is 1. The van der Waals surface area contributed by atoms with Crippen LogP contribution in [0.4, 0.5) is 0 Å². The summed E-state index contributed by atoms with van der Waals surface area (Å²) in [6, 6.07) is 0. The Balaban J connectivity index is 2.43. The molecule has 0 radical (unpaired) electrons. The maximum Gasteiger partial charge on any atom is 0.478 e. The molecule has 2 atom stereocenters. The number of aliphatic hydroxyl groups is 1. The summed E-state index contributed by atoms with van der Waals surface area (Å²) in [4.78, 5) is 27.0. The zero-order chi connectivity index (χ0) is 15.8. The molecule has 118 valence electrons. The van der Waals surface area contributed by atoms with Crippen LogP contribution < -0.4 is 5.32 Å². The van der Waals surface area contributed by atoms with E-state index in [1.807, 2.05) is 0 Å². The summed E-state index contributed by atoms with van der Waals surface area (Å²) in [6.07, 6.45) is 0.0715. The molecule has 0 bridgehead atoms. The summed E-state index contributed by atoms with van der Waals surface area (Å²) in [5, 5.41) is 33.0. The van der Waals surface area contributed by atoms with Crippen molar-refractivity contribution in [2.24, 2.45) is 5.16 Å². The quantitative estimate of drug-likeness (QED) is 0.195. The summed E-state index contributed by atoms with van der Waals surface area (Å²) >= 11 is 0. The highest BCUT2D eigenvalue weighted by atomic mass is 16.6. The Kier molecular flexibility index (Phi) is 7.13. The van der Waals surface area contributed by atoms with Gasteiger partial charge in [-0.1, -0.05) is 5.16 Å². The molecule has 1 heterocycles. The molecule has 1 aliphatic rings. The molecule has 1 rings (SSSR count). The molecule has 1 saturated heterocycles. The van der Waals surface area contributed by atoms with Crippen molar-refractivity contribution in [2.75, 3.05) is 13.2 Å².